The normalized spacial score (nSPS) is 21.8. The van der Waals surface area contributed by atoms with Gasteiger partial charge >= 0.3 is 0 Å². The SMILES string of the molecule is CC1NCc2cc(Cl)cnc21. The van der Waals surface area contributed by atoms with Gasteiger partial charge < -0.3 is 5.32 Å². The molecule has 1 unspecified atom stereocenters. The van der Waals surface area contributed by atoms with E-state index >= 15 is 0 Å². The van der Waals surface area contributed by atoms with E-state index in [0.29, 0.717) is 6.04 Å². The van der Waals surface area contributed by atoms with Crippen LogP contribution in [-0.2, 0) is 6.54 Å². The summed E-state index contributed by atoms with van der Waals surface area (Å²) in [5.74, 6) is 0. The second-order valence-corrected chi connectivity index (χ2v) is 3.24. The van der Waals surface area contributed by atoms with E-state index in [1.807, 2.05) is 6.07 Å². The van der Waals surface area contributed by atoms with Gasteiger partial charge in [-0.05, 0) is 18.6 Å². The van der Waals surface area contributed by atoms with Crippen molar-refractivity contribution >= 4 is 11.6 Å². The second-order valence-electron chi connectivity index (χ2n) is 2.80. The van der Waals surface area contributed by atoms with Gasteiger partial charge in [0.05, 0.1) is 10.7 Å². The molecule has 1 atom stereocenters. The molecule has 2 nitrogen and oxygen atoms in total. The molecule has 11 heavy (non-hydrogen) atoms. The van der Waals surface area contributed by atoms with E-state index in [-0.39, 0.29) is 0 Å². The molecule has 0 fully saturated rings. The monoisotopic (exact) mass is 168 g/mol. The van der Waals surface area contributed by atoms with Crippen LogP contribution in [0.1, 0.15) is 24.2 Å². The van der Waals surface area contributed by atoms with Crippen LogP contribution in [0, 0.1) is 0 Å². The highest BCUT2D eigenvalue weighted by Gasteiger charge is 2.18. The second kappa shape index (κ2) is 2.47. The Morgan fingerprint density at radius 3 is 3.36 bits per heavy atom. The Labute approximate surface area is 70.6 Å². The minimum atomic E-state index is 0.377. The number of halogens is 1. The molecule has 0 spiro atoms. The van der Waals surface area contributed by atoms with Crippen molar-refractivity contribution in [2.45, 2.75) is 19.5 Å². The molecule has 1 aliphatic heterocycles. The van der Waals surface area contributed by atoms with Crippen molar-refractivity contribution in [1.82, 2.24) is 10.3 Å². The van der Waals surface area contributed by atoms with E-state index in [0.717, 1.165) is 17.3 Å². The molecule has 1 aromatic heterocycles. The van der Waals surface area contributed by atoms with E-state index in [4.69, 9.17) is 11.6 Å². The molecule has 1 aliphatic rings. The average Bonchev–Trinajstić information content (AvgIpc) is 2.32. The number of aromatic nitrogens is 1. The summed E-state index contributed by atoms with van der Waals surface area (Å²) >= 11 is 5.78. The lowest BCUT2D eigenvalue weighted by molar-refractivity contribution is 0.623. The van der Waals surface area contributed by atoms with Crippen LogP contribution in [0.15, 0.2) is 12.3 Å². The first-order valence-corrected chi connectivity index (χ1v) is 4.03. The van der Waals surface area contributed by atoms with Crippen LogP contribution in [0.4, 0.5) is 0 Å². The Balaban J connectivity index is 2.50. The fourth-order valence-electron chi connectivity index (χ4n) is 1.38. The minimum absolute atomic E-state index is 0.377. The first-order valence-electron chi connectivity index (χ1n) is 3.65. The lowest BCUT2D eigenvalue weighted by Crippen LogP contribution is -2.07. The van der Waals surface area contributed by atoms with E-state index in [1.165, 1.54) is 5.56 Å². The molecular formula is C8H9ClN2. The lowest BCUT2D eigenvalue weighted by atomic mass is 10.2. The standard InChI is InChI=1S/C8H9ClN2/c1-5-8-6(3-10-5)2-7(9)4-11-8/h2,4-5,10H,3H2,1H3. The maximum atomic E-state index is 5.78. The van der Waals surface area contributed by atoms with Gasteiger partial charge in [-0.1, -0.05) is 11.6 Å². The predicted molar refractivity (Wildman–Crippen MR) is 44.5 cm³/mol. The number of fused-ring (bicyclic) bond motifs is 1. The van der Waals surface area contributed by atoms with Crippen molar-refractivity contribution in [3.63, 3.8) is 0 Å². The van der Waals surface area contributed by atoms with Crippen molar-refractivity contribution in [3.8, 4) is 0 Å². The molecule has 1 N–H and O–H groups in total. The van der Waals surface area contributed by atoms with Crippen molar-refractivity contribution in [2.24, 2.45) is 0 Å². The van der Waals surface area contributed by atoms with Gasteiger partial charge in [0.2, 0.25) is 0 Å². The van der Waals surface area contributed by atoms with Gasteiger partial charge in [-0.3, -0.25) is 4.98 Å². The topological polar surface area (TPSA) is 24.9 Å². The number of nitrogens with zero attached hydrogens (tertiary/aromatic N) is 1. The molecule has 3 heteroatoms. The van der Waals surface area contributed by atoms with Crippen LogP contribution in [0.5, 0.6) is 0 Å². The molecule has 0 aliphatic carbocycles. The zero-order valence-electron chi connectivity index (χ0n) is 6.26. The molecule has 0 amide bonds. The maximum Gasteiger partial charge on any atom is 0.0616 e. The van der Waals surface area contributed by atoms with Crippen LogP contribution in [0.25, 0.3) is 0 Å². The Morgan fingerprint density at radius 1 is 1.73 bits per heavy atom. The molecule has 0 saturated carbocycles. The highest BCUT2D eigenvalue weighted by atomic mass is 35.5. The molecule has 58 valence electrons. The highest BCUT2D eigenvalue weighted by Crippen LogP contribution is 2.24. The van der Waals surface area contributed by atoms with E-state index in [1.54, 1.807) is 6.20 Å². The fourth-order valence-corrected chi connectivity index (χ4v) is 1.56. The van der Waals surface area contributed by atoms with Crippen LogP contribution in [0.2, 0.25) is 5.02 Å². The number of rotatable bonds is 0. The van der Waals surface area contributed by atoms with Gasteiger partial charge in [0.1, 0.15) is 0 Å². The average molecular weight is 169 g/mol. The molecule has 0 saturated heterocycles. The summed E-state index contributed by atoms with van der Waals surface area (Å²) in [6.07, 6.45) is 1.70. The van der Waals surface area contributed by atoms with Gasteiger partial charge in [0, 0.05) is 18.8 Å². The van der Waals surface area contributed by atoms with Crippen LogP contribution < -0.4 is 5.32 Å². The summed E-state index contributed by atoms with van der Waals surface area (Å²) in [5.41, 5.74) is 2.36. The van der Waals surface area contributed by atoms with Gasteiger partial charge in [-0.25, -0.2) is 0 Å². The number of hydrogen-bond donors (Lipinski definition) is 1. The molecule has 0 radical (unpaired) electrons. The van der Waals surface area contributed by atoms with E-state index < -0.39 is 0 Å². The molecular weight excluding hydrogens is 160 g/mol. The lowest BCUT2D eigenvalue weighted by Gasteiger charge is -2.01. The molecule has 2 heterocycles. The maximum absolute atomic E-state index is 5.78. The summed E-state index contributed by atoms with van der Waals surface area (Å²) in [5, 5.41) is 4.01. The molecule has 1 aromatic rings. The summed E-state index contributed by atoms with van der Waals surface area (Å²) < 4.78 is 0. The Morgan fingerprint density at radius 2 is 2.55 bits per heavy atom. The summed E-state index contributed by atoms with van der Waals surface area (Å²) in [6, 6.07) is 2.35. The third-order valence-electron chi connectivity index (χ3n) is 1.98. The Bertz CT molecular complexity index is 285. The molecule has 0 bridgehead atoms. The van der Waals surface area contributed by atoms with Gasteiger partial charge in [-0.15, -0.1) is 0 Å². The zero-order valence-corrected chi connectivity index (χ0v) is 7.02. The van der Waals surface area contributed by atoms with Gasteiger partial charge in [0.25, 0.3) is 0 Å². The predicted octanol–water partition coefficient (Wildman–Crippen LogP) is 1.90. The van der Waals surface area contributed by atoms with E-state index in [2.05, 4.69) is 17.2 Å². The van der Waals surface area contributed by atoms with Crippen LogP contribution in [0.3, 0.4) is 0 Å². The first-order chi connectivity index (χ1) is 5.27. The summed E-state index contributed by atoms with van der Waals surface area (Å²) in [6.45, 7) is 3.00. The summed E-state index contributed by atoms with van der Waals surface area (Å²) in [4.78, 5) is 4.25. The quantitative estimate of drug-likeness (QED) is 0.640. The van der Waals surface area contributed by atoms with Gasteiger partial charge in [-0.2, -0.15) is 0 Å². The zero-order chi connectivity index (χ0) is 7.84. The van der Waals surface area contributed by atoms with E-state index in [9.17, 15) is 0 Å². The molecule has 0 aromatic carbocycles. The largest absolute Gasteiger partial charge is 0.305 e. The fraction of sp³-hybridized carbons (Fsp3) is 0.375. The number of hydrogen-bond acceptors (Lipinski definition) is 2. The van der Waals surface area contributed by atoms with Crippen molar-refractivity contribution in [3.05, 3.63) is 28.5 Å². The smallest absolute Gasteiger partial charge is 0.0616 e. The van der Waals surface area contributed by atoms with Crippen molar-refractivity contribution in [2.75, 3.05) is 0 Å². The van der Waals surface area contributed by atoms with Crippen molar-refractivity contribution < 1.29 is 0 Å². The number of pyridine rings is 1. The first kappa shape index (κ1) is 7.07. The third-order valence-corrected chi connectivity index (χ3v) is 2.18. The van der Waals surface area contributed by atoms with Crippen molar-refractivity contribution in [1.29, 1.82) is 0 Å². The third kappa shape index (κ3) is 1.12. The number of nitrogens with one attached hydrogen (secondary N) is 1. The highest BCUT2D eigenvalue weighted by molar-refractivity contribution is 6.30. The Hall–Kier alpha value is -0.600. The minimum Gasteiger partial charge on any atom is -0.305 e. The summed E-state index contributed by atoms with van der Waals surface area (Å²) in [7, 11) is 0. The molecule has 2 rings (SSSR count). The van der Waals surface area contributed by atoms with Crippen LogP contribution >= 0.6 is 11.6 Å². The van der Waals surface area contributed by atoms with Crippen LogP contribution in [-0.4, -0.2) is 4.98 Å². The Kier molecular flexibility index (Phi) is 1.59. The van der Waals surface area contributed by atoms with Gasteiger partial charge in [0.15, 0.2) is 0 Å².